The van der Waals surface area contributed by atoms with Gasteiger partial charge in [-0.25, -0.2) is 13.6 Å². The van der Waals surface area contributed by atoms with Crippen LogP contribution in [0.1, 0.15) is 11.5 Å². The van der Waals surface area contributed by atoms with Crippen LogP contribution in [0.4, 0.5) is 14.5 Å². The number of anilines is 1. The Balaban J connectivity index is 1.83. The first-order valence-electron chi connectivity index (χ1n) is 6.60. The zero-order chi connectivity index (χ0) is 16.8. The number of amides is 1. The molecule has 23 heavy (non-hydrogen) atoms. The third kappa shape index (κ3) is 5.06. The Hall–Kier alpha value is -2.96. The molecule has 0 fully saturated rings. The van der Waals surface area contributed by atoms with Gasteiger partial charge in [-0.1, -0.05) is 0 Å². The van der Waals surface area contributed by atoms with Gasteiger partial charge in [0.2, 0.25) is 0 Å². The molecule has 1 heterocycles. The molecule has 0 aliphatic rings. The average Bonchev–Trinajstić information content (AvgIpc) is 2.92. The first-order chi connectivity index (χ1) is 10.9. The summed E-state index contributed by atoms with van der Waals surface area (Å²) in [7, 11) is 0. The van der Waals surface area contributed by atoms with Crippen molar-refractivity contribution in [1.82, 2.24) is 0 Å². The molecule has 5 nitrogen and oxygen atoms in total. The largest absolute Gasteiger partial charge is 0.462 e. The number of halogens is 2. The Kier molecular flexibility index (Phi) is 5.24. The van der Waals surface area contributed by atoms with Gasteiger partial charge in [0.15, 0.2) is 6.61 Å². The number of carbonyl (C=O) groups excluding carboxylic acids is 2. The summed E-state index contributed by atoms with van der Waals surface area (Å²) in [6.07, 6.45) is 2.48. The van der Waals surface area contributed by atoms with Crippen LogP contribution in [0.5, 0.6) is 0 Å². The highest BCUT2D eigenvalue weighted by atomic mass is 19.1. The summed E-state index contributed by atoms with van der Waals surface area (Å²) in [5.74, 6) is -1.89. The van der Waals surface area contributed by atoms with Crippen LogP contribution in [-0.2, 0) is 14.3 Å². The molecule has 7 heteroatoms. The van der Waals surface area contributed by atoms with E-state index in [4.69, 9.17) is 4.42 Å². The zero-order valence-electron chi connectivity index (χ0n) is 12.1. The Bertz CT molecular complexity index is 752. The van der Waals surface area contributed by atoms with E-state index < -0.39 is 30.1 Å². The number of esters is 1. The fourth-order valence-corrected chi connectivity index (χ4v) is 1.66. The maximum Gasteiger partial charge on any atom is 0.331 e. The van der Waals surface area contributed by atoms with Crippen molar-refractivity contribution in [3.63, 3.8) is 0 Å². The van der Waals surface area contributed by atoms with Gasteiger partial charge in [0, 0.05) is 12.1 Å². The van der Waals surface area contributed by atoms with Crippen molar-refractivity contribution >= 4 is 23.6 Å². The highest BCUT2D eigenvalue weighted by molar-refractivity contribution is 5.94. The number of ether oxygens (including phenoxy) is 1. The van der Waals surface area contributed by atoms with Gasteiger partial charge in [0.25, 0.3) is 5.91 Å². The van der Waals surface area contributed by atoms with Crippen LogP contribution in [0.15, 0.2) is 40.8 Å². The van der Waals surface area contributed by atoms with Crippen LogP contribution in [0.25, 0.3) is 6.08 Å². The number of rotatable bonds is 5. The Labute approximate surface area is 130 Å². The molecule has 2 aromatic rings. The molecule has 0 aliphatic carbocycles. The SMILES string of the molecule is Cc1ccc(/C=C/C(=O)OCC(=O)Nc2cc(F)ccc2F)o1. The highest BCUT2D eigenvalue weighted by Gasteiger charge is 2.10. The van der Waals surface area contributed by atoms with Crippen molar-refractivity contribution in [2.45, 2.75) is 6.92 Å². The van der Waals surface area contributed by atoms with Gasteiger partial charge in [-0.2, -0.15) is 0 Å². The molecule has 1 aromatic carbocycles. The molecule has 1 N–H and O–H groups in total. The van der Waals surface area contributed by atoms with E-state index in [0.717, 1.165) is 24.3 Å². The second-order valence-electron chi connectivity index (χ2n) is 4.56. The van der Waals surface area contributed by atoms with E-state index in [-0.39, 0.29) is 5.69 Å². The molecule has 0 saturated heterocycles. The predicted octanol–water partition coefficient (Wildman–Crippen LogP) is 3.06. The third-order valence-corrected chi connectivity index (χ3v) is 2.69. The van der Waals surface area contributed by atoms with Crippen LogP contribution >= 0.6 is 0 Å². The van der Waals surface area contributed by atoms with Crippen molar-refractivity contribution in [1.29, 1.82) is 0 Å². The molecule has 0 atom stereocenters. The van der Waals surface area contributed by atoms with Crippen molar-refractivity contribution in [2.75, 3.05) is 11.9 Å². The summed E-state index contributed by atoms with van der Waals surface area (Å²) in [4.78, 5) is 23.0. The van der Waals surface area contributed by atoms with E-state index in [1.54, 1.807) is 19.1 Å². The van der Waals surface area contributed by atoms with Crippen molar-refractivity contribution < 1.29 is 27.5 Å². The lowest BCUT2D eigenvalue weighted by Crippen LogP contribution is -2.20. The van der Waals surface area contributed by atoms with Crippen LogP contribution < -0.4 is 5.32 Å². The lowest BCUT2D eigenvalue weighted by Gasteiger charge is -2.06. The van der Waals surface area contributed by atoms with Gasteiger partial charge in [-0.3, -0.25) is 4.79 Å². The molecule has 0 spiro atoms. The first kappa shape index (κ1) is 16.4. The molecule has 120 valence electrons. The smallest absolute Gasteiger partial charge is 0.331 e. The number of benzene rings is 1. The van der Waals surface area contributed by atoms with Gasteiger partial charge in [0.1, 0.15) is 23.2 Å². The van der Waals surface area contributed by atoms with Crippen LogP contribution in [0.2, 0.25) is 0 Å². The molecule has 0 unspecified atom stereocenters. The maximum absolute atomic E-state index is 13.3. The fourth-order valence-electron chi connectivity index (χ4n) is 1.66. The van der Waals surface area contributed by atoms with E-state index in [0.29, 0.717) is 11.5 Å². The highest BCUT2D eigenvalue weighted by Crippen LogP contribution is 2.15. The molecule has 0 radical (unpaired) electrons. The Morgan fingerprint density at radius 3 is 2.74 bits per heavy atom. The second kappa shape index (κ2) is 7.35. The normalized spacial score (nSPS) is 10.7. The summed E-state index contributed by atoms with van der Waals surface area (Å²) >= 11 is 0. The molecule has 1 aromatic heterocycles. The summed E-state index contributed by atoms with van der Waals surface area (Å²) in [5.41, 5.74) is -0.326. The van der Waals surface area contributed by atoms with E-state index in [1.807, 2.05) is 0 Å². The fraction of sp³-hybridized carbons (Fsp3) is 0.125. The van der Waals surface area contributed by atoms with Crippen LogP contribution in [0.3, 0.4) is 0 Å². The van der Waals surface area contributed by atoms with Gasteiger partial charge >= 0.3 is 5.97 Å². The number of nitrogens with one attached hydrogen (secondary N) is 1. The monoisotopic (exact) mass is 321 g/mol. The van der Waals surface area contributed by atoms with Crippen LogP contribution in [-0.4, -0.2) is 18.5 Å². The number of hydrogen-bond acceptors (Lipinski definition) is 4. The topological polar surface area (TPSA) is 68.5 Å². The first-order valence-corrected chi connectivity index (χ1v) is 6.60. The standard InChI is InChI=1S/C16H13F2NO4/c1-10-2-4-12(23-10)5-7-16(21)22-9-15(20)19-14-8-11(17)3-6-13(14)18/h2-8H,9H2,1H3,(H,19,20)/b7-5+. The molecule has 0 bridgehead atoms. The summed E-state index contributed by atoms with van der Waals surface area (Å²) in [5, 5.41) is 2.11. The number of furan rings is 1. The molecule has 0 saturated carbocycles. The third-order valence-electron chi connectivity index (χ3n) is 2.69. The van der Waals surface area contributed by atoms with E-state index in [2.05, 4.69) is 10.1 Å². The van der Waals surface area contributed by atoms with Crippen molar-refractivity contribution in [3.05, 3.63) is 59.6 Å². The summed E-state index contributed by atoms with van der Waals surface area (Å²) < 4.78 is 36.2. The zero-order valence-corrected chi connectivity index (χ0v) is 12.1. The van der Waals surface area contributed by atoms with E-state index in [1.165, 1.54) is 6.08 Å². The van der Waals surface area contributed by atoms with Gasteiger partial charge in [-0.05, 0) is 37.3 Å². The van der Waals surface area contributed by atoms with Gasteiger partial charge in [0.05, 0.1) is 5.69 Å². The lowest BCUT2D eigenvalue weighted by atomic mass is 10.3. The molecule has 2 rings (SSSR count). The van der Waals surface area contributed by atoms with Crippen molar-refractivity contribution in [3.8, 4) is 0 Å². The summed E-state index contributed by atoms with van der Waals surface area (Å²) in [6, 6.07) is 6.02. The molecular formula is C16H13F2NO4. The van der Waals surface area contributed by atoms with Crippen LogP contribution in [0, 0.1) is 18.6 Å². The van der Waals surface area contributed by atoms with Gasteiger partial charge < -0.3 is 14.5 Å². The van der Waals surface area contributed by atoms with Crippen molar-refractivity contribution in [2.24, 2.45) is 0 Å². The van der Waals surface area contributed by atoms with E-state index >= 15 is 0 Å². The summed E-state index contributed by atoms with van der Waals surface area (Å²) in [6.45, 7) is 1.13. The average molecular weight is 321 g/mol. The maximum atomic E-state index is 13.3. The minimum Gasteiger partial charge on any atom is -0.462 e. The Morgan fingerprint density at radius 1 is 1.26 bits per heavy atom. The molecular weight excluding hydrogens is 308 g/mol. The Morgan fingerprint density at radius 2 is 2.04 bits per heavy atom. The minimum atomic E-state index is -0.792. The second-order valence-corrected chi connectivity index (χ2v) is 4.56. The van der Waals surface area contributed by atoms with Gasteiger partial charge in [-0.15, -0.1) is 0 Å². The number of hydrogen-bond donors (Lipinski definition) is 1. The predicted molar refractivity (Wildman–Crippen MR) is 78.4 cm³/mol. The lowest BCUT2D eigenvalue weighted by molar-refractivity contribution is -0.142. The number of carbonyl (C=O) groups is 2. The quantitative estimate of drug-likeness (QED) is 0.679. The molecule has 1 amide bonds. The van der Waals surface area contributed by atoms with E-state index in [9.17, 15) is 18.4 Å². The minimum absolute atomic E-state index is 0.326. The number of aryl methyl sites for hydroxylation is 1. The molecule has 0 aliphatic heterocycles.